The van der Waals surface area contributed by atoms with E-state index in [2.05, 4.69) is 72.6 Å². The van der Waals surface area contributed by atoms with Crippen molar-refractivity contribution in [2.45, 2.75) is 47.4 Å². The van der Waals surface area contributed by atoms with Gasteiger partial charge in [-0.2, -0.15) is 18.3 Å². The van der Waals surface area contributed by atoms with Crippen LogP contribution in [0.3, 0.4) is 0 Å². The zero-order valence-corrected chi connectivity index (χ0v) is 23.8. The van der Waals surface area contributed by atoms with Crippen LogP contribution < -0.4 is 15.0 Å². The van der Waals surface area contributed by atoms with Crippen molar-refractivity contribution in [3.63, 3.8) is 0 Å². The highest BCUT2D eigenvalue weighted by molar-refractivity contribution is 14.1. The van der Waals surface area contributed by atoms with Gasteiger partial charge in [-0.15, -0.1) is 0 Å². The third kappa shape index (κ3) is 6.03. The molecule has 1 aliphatic rings. The highest BCUT2D eigenvalue weighted by Crippen LogP contribution is 2.37. The van der Waals surface area contributed by atoms with Crippen LogP contribution in [0.1, 0.15) is 35.4 Å². The number of piperidine rings is 1. The van der Waals surface area contributed by atoms with Gasteiger partial charge in [0.25, 0.3) is 0 Å². The van der Waals surface area contributed by atoms with Gasteiger partial charge in [-0.1, -0.05) is 56.8 Å². The lowest BCUT2D eigenvalue weighted by Gasteiger charge is -2.38. The summed E-state index contributed by atoms with van der Waals surface area (Å²) in [6, 6.07) is 4.38. The summed E-state index contributed by atoms with van der Waals surface area (Å²) in [6.07, 6.45) is -2.69. The van der Waals surface area contributed by atoms with Crippen LogP contribution in [-0.2, 0) is 21.6 Å². The largest absolute Gasteiger partial charge is 0.496 e. The van der Waals surface area contributed by atoms with Crippen LogP contribution in [0.4, 0.5) is 18.9 Å². The monoisotopic (exact) mass is 710 g/mol. The van der Waals surface area contributed by atoms with E-state index in [0.29, 0.717) is 18.2 Å². The maximum atomic E-state index is 13.2. The van der Waals surface area contributed by atoms with Gasteiger partial charge in [0.15, 0.2) is 5.69 Å². The molecule has 1 aromatic carbocycles. The average Bonchev–Trinajstić information content (AvgIpc) is 3.10. The summed E-state index contributed by atoms with van der Waals surface area (Å²) in [5.74, 6) is 1.23. The fourth-order valence-corrected chi connectivity index (χ4v) is 5.90. The minimum atomic E-state index is -4.56. The van der Waals surface area contributed by atoms with Gasteiger partial charge in [0, 0.05) is 45.3 Å². The average molecular weight is 711 g/mol. The van der Waals surface area contributed by atoms with E-state index in [1.54, 1.807) is 14.0 Å². The van der Waals surface area contributed by atoms with E-state index in [4.69, 9.17) is 16.3 Å². The molecular weight excluding hydrogens is 683 g/mol. The molecule has 0 spiro atoms. The summed E-state index contributed by atoms with van der Waals surface area (Å²) >= 11 is 10.7. The second-order valence-electron chi connectivity index (χ2n) is 8.21. The first-order valence-corrected chi connectivity index (χ1v) is 14.1. The van der Waals surface area contributed by atoms with Crippen molar-refractivity contribution in [3.05, 3.63) is 39.7 Å². The first kappa shape index (κ1) is 27.1. The van der Waals surface area contributed by atoms with Crippen molar-refractivity contribution in [1.29, 1.82) is 0 Å². The molecule has 1 fully saturated rings. The maximum Gasteiger partial charge on any atom is 0.436 e. The number of methoxy groups -OCH3 is 1. The van der Waals surface area contributed by atoms with Crippen LogP contribution in [0.15, 0.2) is 12.1 Å². The number of hydrogen-bond acceptors (Lipinski definition) is 4. The van der Waals surface area contributed by atoms with Gasteiger partial charge in [-0.25, -0.2) is 0 Å². The molecule has 1 aromatic heterocycles. The smallest absolute Gasteiger partial charge is 0.436 e. The van der Waals surface area contributed by atoms with Gasteiger partial charge in [0.05, 0.1) is 24.4 Å². The lowest BCUT2D eigenvalue weighted by molar-refractivity contribution is -0.141. The van der Waals surface area contributed by atoms with E-state index < -0.39 is 11.9 Å². The number of hydrogen-bond donors (Lipinski definition) is 1. The fraction of sp³-hybridized carbons (Fsp3) is 0.591. The lowest BCUT2D eigenvalue weighted by Crippen LogP contribution is -2.44. The molecule has 5 nitrogen and oxygen atoms in total. The maximum absolute atomic E-state index is 13.2. The molecule has 0 amide bonds. The van der Waals surface area contributed by atoms with E-state index in [1.165, 1.54) is 21.5 Å². The molecular formula is C22H28ClF3I2N4O. The Kier molecular flexibility index (Phi) is 9.46. The first-order valence-electron chi connectivity index (χ1n) is 10.7. The number of ether oxygens (including phenoxy) is 1. The molecule has 2 aromatic rings. The molecule has 0 bridgehead atoms. The minimum Gasteiger partial charge on any atom is -0.496 e. The zero-order chi connectivity index (χ0) is 24.3. The van der Waals surface area contributed by atoms with Gasteiger partial charge in [0.1, 0.15) is 5.75 Å². The molecule has 1 unspecified atom stereocenters. The Morgan fingerprint density at radius 3 is 2.33 bits per heavy atom. The number of nitrogens with zero attached hydrogens (tertiary/aromatic N) is 3. The van der Waals surface area contributed by atoms with Crippen molar-refractivity contribution < 1.29 is 17.9 Å². The second kappa shape index (κ2) is 11.5. The number of anilines is 1. The summed E-state index contributed by atoms with van der Waals surface area (Å²) in [7, 11) is 3.56. The van der Waals surface area contributed by atoms with E-state index in [0.717, 1.165) is 40.5 Å². The summed E-state index contributed by atoms with van der Waals surface area (Å²) in [5.41, 5.74) is 3.04. The standard InChI is InChI=1S/C22H28ClF3I2N4O/c1-13-20(23)21(22(24,25)26)30-32(13)12-17(29-2)14-4-6-31(7-5-14)18-9-19(33-3)16(11-28)8-15(18)10-27/h8-9,14,17,29H,4-7,10-12H2,1-3H3. The number of nitrogens with one attached hydrogen (secondary N) is 1. The Morgan fingerprint density at radius 1 is 1.21 bits per heavy atom. The summed E-state index contributed by atoms with van der Waals surface area (Å²) in [6.45, 7) is 3.69. The molecule has 1 N–H and O–H groups in total. The second-order valence-corrected chi connectivity index (χ2v) is 10.1. The summed E-state index contributed by atoms with van der Waals surface area (Å²) in [4.78, 5) is 2.40. The van der Waals surface area contributed by atoms with Crippen LogP contribution in [-0.4, -0.2) is 43.1 Å². The van der Waals surface area contributed by atoms with E-state index in [9.17, 15) is 13.2 Å². The summed E-state index contributed by atoms with van der Waals surface area (Å²) < 4.78 is 48.4. The van der Waals surface area contributed by atoms with Crippen LogP contribution in [0, 0.1) is 12.8 Å². The summed E-state index contributed by atoms with van der Waals surface area (Å²) in [5, 5.41) is 6.76. The van der Waals surface area contributed by atoms with Crippen molar-refractivity contribution >= 4 is 62.5 Å². The van der Waals surface area contributed by atoms with Crippen LogP contribution in [0.2, 0.25) is 5.02 Å². The SMILES string of the molecule is CNC(Cn1nc(C(F)(F)F)c(Cl)c1C)C1CCN(c2cc(OC)c(CI)cc2CI)CC1. The molecule has 2 heterocycles. The molecule has 184 valence electrons. The topological polar surface area (TPSA) is 42.3 Å². The van der Waals surface area contributed by atoms with Gasteiger partial charge in [-0.05, 0) is 44.4 Å². The molecule has 33 heavy (non-hydrogen) atoms. The molecule has 1 saturated heterocycles. The Morgan fingerprint density at radius 2 is 1.85 bits per heavy atom. The zero-order valence-electron chi connectivity index (χ0n) is 18.8. The van der Waals surface area contributed by atoms with Crippen LogP contribution >= 0.6 is 56.8 Å². The third-order valence-corrected chi connectivity index (χ3v) is 8.46. The van der Waals surface area contributed by atoms with Crippen molar-refractivity contribution in [1.82, 2.24) is 15.1 Å². The number of aromatic nitrogens is 2. The quantitative estimate of drug-likeness (QED) is 0.260. The fourth-order valence-electron chi connectivity index (χ4n) is 4.45. The van der Waals surface area contributed by atoms with Crippen LogP contribution in [0.25, 0.3) is 0 Å². The highest BCUT2D eigenvalue weighted by atomic mass is 127. The predicted molar refractivity (Wildman–Crippen MR) is 143 cm³/mol. The molecule has 3 rings (SSSR count). The minimum absolute atomic E-state index is 0.00267. The predicted octanol–water partition coefficient (Wildman–Crippen LogP) is 6.25. The Balaban J connectivity index is 1.73. The molecule has 11 heteroatoms. The Bertz CT molecular complexity index is 962. The number of likely N-dealkylation sites (N-methyl/N-ethyl adjacent to an activating group) is 1. The molecule has 0 radical (unpaired) electrons. The van der Waals surface area contributed by atoms with Gasteiger partial charge < -0.3 is 15.0 Å². The van der Waals surface area contributed by atoms with Gasteiger partial charge in [0.2, 0.25) is 0 Å². The van der Waals surface area contributed by atoms with Crippen LogP contribution in [0.5, 0.6) is 5.75 Å². The van der Waals surface area contributed by atoms with E-state index >= 15 is 0 Å². The Labute approximate surface area is 225 Å². The van der Waals surface area contributed by atoms with Crippen molar-refractivity contribution in [3.8, 4) is 5.75 Å². The molecule has 1 aliphatic heterocycles. The number of alkyl halides is 5. The molecule has 0 saturated carbocycles. The lowest BCUT2D eigenvalue weighted by atomic mass is 9.88. The normalized spacial score (nSPS) is 16.3. The van der Waals surface area contributed by atoms with Gasteiger partial charge >= 0.3 is 6.18 Å². The molecule has 0 aliphatic carbocycles. The highest BCUT2D eigenvalue weighted by Gasteiger charge is 2.38. The molecule has 1 atom stereocenters. The van der Waals surface area contributed by atoms with Crippen molar-refractivity contribution in [2.75, 3.05) is 32.1 Å². The number of halogens is 6. The van der Waals surface area contributed by atoms with Gasteiger partial charge in [-0.3, -0.25) is 4.68 Å². The van der Waals surface area contributed by atoms with E-state index in [-0.39, 0.29) is 11.1 Å². The number of benzene rings is 1. The van der Waals surface area contributed by atoms with Crippen molar-refractivity contribution in [2.24, 2.45) is 5.92 Å². The third-order valence-electron chi connectivity index (χ3n) is 6.36. The van der Waals surface area contributed by atoms with E-state index in [1.807, 2.05) is 7.05 Å². The first-order chi connectivity index (χ1) is 15.6. The Hall–Kier alpha value is -0.470. The number of rotatable bonds is 8.